The van der Waals surface area contributed by atoms with E-state index < -0.39 is 0 Å². The van der Waals surface area contributed by atoms with Crippen LogP contribution in [0, 0.1) is 11.3 Å². The first kappa shape index (κ1) is 15.4. The number of anilines is 1. The van der Waals surface area contributed by atoms with Crippen LogP contribution >= 0.6 is 11.8 Å². The Morgan fingerprint density at radius 1 is 1.57 bits per heavy atom. The topological polar surface area (TPSA) is 73.6 Å². The minimum absolute atomic E-state index is 0.311. The highest BCUT2D eigenvalue weighted by Gasteiger charge is 2.16. The number of allylic oxidation sites excluding steroid dienone is 2. The van der Waals surface area contributed by atoms with Crippen molar-refractivity contribution < 1.29 is 0 Å². The third-order valence-electron chi connectivity index (χ3n) is 3.01. The highest BCUT2D eigenvalue weighted by Crippen LogP contribution is 2.30. The van der Waals surface area contributed by atoms with Crippen molar-refractivity contribution in [2.24, 2.45) is 0 Å². The van der Waals surface area contributed by atoms with Gasteiger partial charge in [0.05, 0.1) is 10.7 Å². The van der Waals surface area contributed by atoms with Crippen molar-refractivity contribution in [3.63, 3.8) is 0 Å². The molecule has 2 rings (SSSR count). The Hall–Kier alpha value is -2.00. The van der Waals surface area contributed by atoms with Gasteiger partial charge in [-0.05, 0) is 31.7 Å². The molecule has 21 heavy (non-hydrogen) atoms. The molecule has 0 saturated carbocycles. The van der Waals surface area contributed by atoms with Crippen molar-refractivity contribution in [2.75, 3.05) is 5.32 Å². The number of rotatable bonds is 5. The van der Waals surface area contributed by atoms with Gasteiger partial charge in [0.2, 0.25) is 5.95 Å². The van der Waals surface area contributed by atoms with E-state index in [-0.39, 0.29) is 0 Å². The quantitative estimate of drug-likeness (QED) is 0.811. The average molecular weight is 301 g/mol. The molecule has 6 heteroatoms. The van der Waals surface area contributed by atoms with Gasteiger partial charge in [0, 0.05) is 17.9 Å². The van der Waals surface area contributed by atoms with Gasteiger partial charge < -0.3 is 10.6 Å². The minimum Gasteiger partial charge on any atom is -0.352 e. The van der Waals surface area contributed by atoms with Gasteiger partial charge in [-0.1, -0.05) is 25.1 Å². The zero-order chi connectivity index (χ0) is 15.2. The van der Waals surface area contributed by atoms with Crippen LogP contribution in [0.15, 0.2) is 28.4 Å². The Bertz CT molecular complexity index is 615. The van der Waals surface area contributed by atoms with Crippen LogP contribution in [0.3, 0.4) is 0 Å². The van der Waals surface area contributed by atoms with E-state index in [9.17, 15) is 5.26 Å². The lowest BCUT2D eigenvalue weighted by Gasteiger charge is -2.13. The number of nitrogens with one attached hydrogen (secondary N) is 2. The Balaban J connectivity index is 2.22. The van der Waals surface area contributed by atoms with Crippen molar-refractivity contribution in [2.45, 2.75) is 39.7 Å². The first-order chi connectivity index (χ1) is 10.1. The molecular formula is C15H19N5S. The molecule has 0 bridgehead atoms. The Labute approximate surface area is 129 Å². The van der Waals surface area contributed by atoms with Gasteiger partial charge in [-0.25, -0.2) is 9.97 Å². The van der Waals surface area contributed by atoms with Crippen LogP contribution < -0.4 is 10.6 Å². The largest absolute Gasteiger partial charge is 0.352 e. The Kier molecular flexibility index (Phi) is 5.23. The normalized spacial score (nSPS) is 17.5. The van der Waals surface area contributed by atoms with Crippen molar-refractivity contribution in [1.82, 2.24) is 15.3 Å². The number of hydrogen-bond acceptors (Lipinski definition) is 6. The van der Waals surface area contributed by atoms with Gasteiger partial charge in [0.25, 0.3) is 0 Å². The molecule has 1 aromatic heterocycles. The van der Waals surface area contributed by atoms with E-state index in [1.807, 2.05) is 12.3 Å². The lowest BCUT2D eigenvalue weighted by molar-refractivity contribution is 0.683. The fourth-order valence-corrected chi connectivity index (χ4v) is 2.87. The van der Waals surface area contributed by atoms with Gasteiger partial charge in [-0.3, -0.25) is 0 Å². The molecule has 1 aliphatic rings. The third-order valence-corrected chi connectivity index (χ3v) is 4.03. The van der Waals surface area contributed by atoms with E-state index in [0.29, 0.717) is 23.3 Å². The molecule has 2 N–H and O–H groups in total. The van der Waals surface area contributed by atoms with E-state index in [4.69, 9.17) is 0 Å². The number of nitrogens with zero attached hydrogens (tertiary/aromatic N) is 3. The monoisotopic (exact) mass is 301 g/mol. The second kappa shape index (κ2) is 7.14. The number of nitriles is 1. The fraction of sp³-hybridized carbons (Fsp3) is 0.400. The van der Waals surface area contributed by atoms with Crippen molar-refractivity contribution >= 4 is 23.3 Å². The van der Waals surface area contributed by atoms with Crippen LogP contribution in [0.1, 0.15) is 39.3 Å². The predicted octanol–water partition coefficient (Wildman–Crippen LogP) is 3.47. The molecule has 1 unspecified atom stereocenters. The molecule has 0 amide bonds. The lowest BCUT2D eigenvalue weighted by atomic mass is 10.2. The summed E-state index contributed by atoms with van der Waals surface area (Å²) in [6.45, 7) is 6.21. The molecule has 1 aliphatic heterocycles. The van der Waals surface area contributed by atoms with E-state index in [2.05, 4.69) is 40.5 Å². The first-order valence-corrected chi connectivity index (χ1v) is 7.86. The van der Waals surface area contributed by atoms with Crippen LogP contribution in [0.5, 0.6) is 0 Å². The molecule has 0 aromatic carbocycles. The predicted molar refractivity (Wildman–Crippen MR) is 87.0 cm³/mol. The first-order valence-electron chi connectivity index (χ1n) is 6.98. The molecule has 0 saturated heterocycles. The molecule has 5 nitrogen and oxygen atoms in total. The second-order valence-corrected chi connectivity index (χ2v) is 5.84. The van der Waals surface area contributed by atoms with Crippen LogP contribution in [0.25, 0.3) is 5.57 Å². The number of aromatic nitrogens is 2. The average Bonchev–Trinajstić information content (AvgIpc) is 2.87. The summed E-state index contributed by atoms with van der Waals surface area (Å²) in [4.78, 5) is 8.68. The summed E-state index contributed by atoms with van der Waals surface area (Å²) in [5, 5.41) is 18.7. The highest BCUT2D eigenvalue weighted by molar-refractivity contribution is 8.06. The SMILES string of the molecule is CCCC(C)Nc1nccc(C(C#N)=C2NC(C)=CS2)n1. The molecule has 2 heterocycles. The smallest absolute Gasteiger partial charge is 0.223 e. The van der Waals surface area contributed by atoms with Crippen LogP contribution in [-0.2, 0) is 0 Å². The maximum Gasteiger partial charge on any atom is 0.223 e. The van der Waals surface area contributed by atoms with E-state index in [0.717, 1.165) is 23.6 Å². The van der Waals surface area contributed by atoms with Crippen molar-refractivity contribution in [1.29, 1.82) is 5.26 Å². The number of hydrogen-bond donors (Lipinski definition) is 2. The summed E-state index contributed by atoms with van der Waals surface area (Å²) < 4.78 is 0. The van der Waals surface area contributed by atoms with E-state index in [1.54, 1.807) is 12.3 Å². The van der Waals surface area contributed by atoms with Gasteiger partial charge in [0.15, 0.2) is 0 Å². The van der Waals surface area contributed by atoms with Gasteiger partial charge in [-0.15, -0.1) is 0 Å². The minimum atomic E-state index is 0.311. The summed E-state index contributed by atoms with van der Waals surface area (Å²) >= 11 is 1.51. The second-order valence-electron chi connectivity index (χ2n) is 4.96. The van der Waals surface area contributed by atoms with Crippen LogP contribution in [-0.4, -0.2) is 16.0 Å². The molecule has 1 aromatic rings. The molecular weight excluding hydrogens is 282 g/mol. The Morgan fingerprint density at radius 2 is 2.38 bits per heavy atom. The zero-order valence-electron chi connectivity index (χ0n) is 12.5. The molecule has 0 aliphatic carbocycles. The summed E-state index contributed by atoms with van der Waals surface area (Å²) in [5.41, 5.74) is 2.21. The molecule has 1 atom stereocenters. The molecule has 0 radical (unpaired) electrons. The maximum absolute atomic E-state index is 9.42. The van der Waals surface area contributed by atoms with E-state index in [1.165, 1.54) is 11.8 Å². The molecule has 0 spiro atoms. The maximum atomic E-state index is 9.42. The Morgan fingerprint density at radius 3 is 3.00 bits per heavy atom. The van der Waals surface area contributed by atoms with E-state index >= 15 is 0 Å². The zero-order valence-corrected chi connectivity index (χ0v) is 13.3. The van der Waals surface area contributed by atoms with Crippen molar-refractivity contribution in [3.05, 3.63) is 34.1 Å². The molecule has 0 fully saturated rings. The van der Waals surface area contributed by atoms with Crippen LogP contribution in [0.4, 0.5) is 5.95 Å². The van der Waals surface area contributed by atoms with Gasteiger partial charge in [0.1, 0.15) is 11.6 Å². The summed E-state index contributed by atoms with van der Waals surface area (Å²) in [6, 6.07) is 4.30. The highest BCUT2D eigenvalue weighted by atomic mass is 32.2. The van der Waals surface area contributed by atoms with Gasteiger partial charge >= 0.3 is 0 Å². The third kappa shape index (κ3) is 3.99. The summed E-state index contributed by atoms with van der Waals surface area (Å²) in [6.07, 6.45) is 3.84. The van der Waals surface area contributed by atoms with Crippen molar-refractivity contribution in [3.8, 4) is 6.07 Å². The summed E-state index contributed by atoms with van der Waals surface area (Å²) in [5.74, 6) is 0.564. The van der Waals surface area contributed by atoms with Crippen LogP contribution in [0.2, 0.25) is 0 Å². The fourth-order valence-electron chi connectivity index (χ4n) is 2.02. The van der Waals surface area contributed by atoms with Gasteiger partial charge in [-0.2, -0.15) is 5.26 Å². The summed E-state index contributed by atoms with van der Waals surface area (Å²) in [7, 11) is 0. The lowest BCUT2D eigenvalue weighted by Crippen LogP contribution is -2.17. The number of thioether (sulfide) groups is 1. The molecule has 110 valence electrons. The standard InChI is InChI=1S/C15H19N5S/c1-4-5-10(2)19-15-17-7-6-13(20-15)12(8-16)14-18-11(3)9-21-14/h6-7,9-10,18H,4-5H2,1-3H3,(H,17,19,20).